The second-order valence-electron chi connectivity index (χ2n) is 5.45. The molecule has 0 spiro atoms. The number of anilines is 1. The van der Waals surface area contributed by atoms with E-state index in [-0.39, 0.29) is 5.56 Å². The molecule has 0 aliphatic carbocycles. The number of hydrogen-bond acceptors (Lipinski definition) is 5. The van der Waals surface area contributed by atoms with E-state index >= 15 is 0 Å². The van der Waals surface area contributed by atoms with Gasteiger partial charge in [-0.2, -0.15) is 10.1 Å². The van der Waals surface area contributed by atoms with E-state index in [4.69, 9.17) is 11.6 Å². The van der Waals surface area contributed by atoms with Gasteiger partial charge in [-0.1, -0.05) is 29.8 Å². The molecule has 0 aliphatic heterocycles. The number of fused-ring (bicyclic) bond motifs is 1. The van der Waals surface area contributed by atoms with Crippen molar-refractivity contribution in [2.75, 3.05) is 5.43 Å². The predicted octanol–water partition coefficient (Wildman–Crippen LogP) is 1.55. The van der Waals surface area contributed by atoms with Gasteiger partial charge in [0.2, 0.25) is 5.95 Å². The highest BCUT2D eigenvalue weighted by molar-refractivity contribution is 6.33. The minimum absolute atomic E-state index is 0.292. The van der Waals surface area contributed by atoms with Crippen LogP contribution in [0, 0.1) is 0 Å². The number of aromatic nitrogens is 4. The van der Waals surface area contributed by atoms with Gasteiger partial charge in [0.15, 0.2) is 11.2 Å². The fraction of sp³-hybridized carbons (Fsp3) is 0.250. The lowest BCUT2D eigenvalue weighted by atomic mass is 10.2. The predicted molar refractivity (Wildman–Crippen MR) is 98.6 cm³/mol. The van der Waals surface area contributed by atoms with Crippen molar-refractivity contribution in [2.24, 2.45) is 19.2 Å². The molecule has 130 valence electrons. The number of aryl methyl sites for hydroxylation is 2. The molecule has 2 aromatic heterocycles. The maximum Gasteiger partial charge on any atom is 0.332 e. The molecule has 0 radical (unpaired) electrons. The monoisotopic (exact) mass is 360 g/mol. The van der Waals surface area contributed by atoms with Crippen LogP contribution >= 0.6 is 11.6 Å². The summed E-state index contributed by atoms with van der Waals surface area (Å²) < 4.78 is 4.09. The molecule has 1 N–H and O–H groups in total. The van der Waals surface area contributed by atoms with Gasteiger partial charge in [0.1, 0.15) is 0 Å². The zero-order valence-corrected chi connectivity index (χ0v) is 14.8. The summed E-state index contributed by atoms with van der Waals surface area (Å²) in [7, 11) is 3.27. The average molecular weight is 361 g/mol. The van der Waals surface area contributed by atoms with Crippen LogP contribution in [0.4, 0.5) is 5.95 Å². The van der Waals surface area contributed by atoms with Crippen LogP contribution in [-0.2, 0) is 20.6 Å². The van der Waals surface area contributed by atoms with Crippen molar-refractivity contribution in [2.45, 2.75) is 13.5 Å². The smallest absolute Gasteiger partial charge is 0.306 e. The topological polar surface area (TPSA) is 86.2 Å². The van der Waals surface area contributed by atoms with Crippen LogP contribution in [0.25, 0.3) is 11.2 Å². The third kappa shape index (κ3) is 2.85. The molecule has 0 fully saturated rings. The van der Waals surface area contributed by atoms with Crippen molar-refractivity contribution in [3.63, 3.8) is 0 Å². The Morgan fingerprint density at radius 2 is 1.96 bits per heavy atom. The first-order chi connectivity index (χ1) is 12.0. The van der Waals surface area contributed by atoms with Crippen molar-refractivity contribution in [1.29, 1.82) is 0 Å². The van der Waals surface area contributed by atoms with Gasteiger partial charge in [0.05, 0.1) is 6.21 Å². The molecule has 3 aromatic rings. The van der Waals surface area contributed by atoms with Crippen LogP contribution in [0.3, 0.4) is 0 Å². The van der Waals surface area contributed by atoms with Gasteiger partial charge in [0.25, 0.3) is 5.56 Å². The Morgan fingerprint density at radius 3 is 2.64 bits per heavy atom. The standard InChI is InChI=1S/C16H17ClN6O2/c1-4-23-14(24)12-13(22(3)16(23)25)19-15(21(12)2)20-18-9-10-7-5-6-8-11(10)17/h5-9H,4H2,1-3H3,(H,19,20)/b18-9+. The summed E-state index contributed by atoms with van der Waals surface area (Å²) in [5.41, 5.74) is 3.40. The number of hydrazone groups is 1. The van der Waals surface area contributed by atoms with Gasteiger partial charge in [-0.05, 0) is 13.0 Å². The Morgan fingerprint density at radius 1 is 1.24 bits per heavy atom. The molecule has 0 atom stereocenters. The number of nitrogens with one attached hydrogen (secondary N) is 1. The van der Waals surface area contributed by atoms with Crippen molar-refractivity contribution in [3.8, 4) is 0 Å². The lowest BCUT2D eigenvalue weighted by Gasteiger charge is -2.05. The molecule has 1 aromatic carbocycles. The highest BCUT2D eigenvalue weighted by Crippen LogP contribution is 2.14. The minimum atomic E-state index is -0.399. The van der Waals surface area contributed by atoms with Gasteiger partial charge in [0, 0.05) is 31.2 Å². The van der Waals surface area contributed by atoms with Crippen LogP contribution in [0.2, 0.25) is 5.02 Å². The summed E-state index contributed by atoms with van der Waals surface area (Å²) in [6.45, 7) is 2.04. The number of rotatable bonds is 4. The summed E-state index contributed by atoms with van der Waals surface area (Å²) >= 11 is 6.07. The number of imidazole rings is 1. The summed E-state index contributed by atoms with van der Waals surface area (Å²) in [5, 5.41) is 4.69. The molecule has 0 saturated carbocycles. The quantitative estimate of drug-likeness (QED) is 0.565. The third-order valence-electron chi connectivity index (χ3n) is 3.95. The molecule has 0 bridgehead atoms. The summed E-state index contributed by atoms with van der Waals surface area (Å²) in [6, 6.07) is 7.27. The normalized spacial score (nSPS) is 11.5. The van der Waals surface area contributed by atoms with Gasteiger partial charge in [-0.3, -0.25) is 13.9 Å². The van der Waals surface area contributed by atoms with Crippen molar-refractivity contribution < 1.29 is 0 Å². The fourth-order valence-corrected chi connectivity index (χ4v) is 2.75. The van der Waals surface area contributed by atoms with Crippen LogP contribution in [-0.4, -0.2) is 24.9 Å². The Hall–Kier alpha value is -2.87. The number of nitrogens with zero attached hydrogens (tertiary/aromatic N) is 5. The summed E-state index contributed by atoms with van der Waals surface area (Å²) in [6.07, 6.45) is 1.56. The maximum atomic E-state index is 12.5. The largest absolute Gasteiger partial charge is 0.332 e. The second-order valence-corrected chi connectivity index (χ2v) is 5.86. The minimum Gasteiger partial charge on any atom is -0.306 e. The lowest BCUT2D eigenvalue weighted by molar-refractivity contribution is 0.635. The first-order valence-electron chi connectivity index (χ1n) is 7.65. The van der Waals surface area contributed by atoms with Gasteiger partial charge >= 0.3 is 5.69 Å². The molecule has 25 heavy (non-hydrogen) atoms. The van der Waals surface area contributed by atoms with E-state index in [1.807, 2.05) is 18.2 Å². The Bertz CT molecular complexity index is 1090. The zero-order chi connectivity index (χ0) is 18.1. The van der Waals surface area contributed by atoms with Crippen LogP contribution < -0.4 is 16.7 Å². The van der Waals surface area contributed by atoms with Gasteiger partial charge in [-0.15, -0.1) is 0 Å². The average Bonchev–Trinajstić information content (AvgIpc) is 2.92. The van der Waals surface area contributed by atoms with Gasteiger partial charge in [-0.25, -0.2) is 10.2 Å². The number of halogens is 1. The van der Waals surface area contributed by atoms with E-state index in [0.29, 0.717) is 28.7 Å². The number of hydrogen-bond donors (Lipinski definition) is 1. The SMILES string of the molecule is CCn1c(=O)c2c(nc(N/N=C/c3ccccc3Cl)n2C)n(C)c1=O. The van der Waals surface area contributed by atoms with E-state index in [9.17, 15) is 9.59 Å². The van der Waals surface area contributed by atoms with E-state index in [0.717, 1.165) is 5.56 Å². The number of benzene rings is 1. The highest BCUT2D eigenvalue weighted by Gasteiger charge is 2.17. The van der Waals surface area contributed by atoms with E-state index < -0.39 is 5.69 Å². The maximum absolute atomic E-state index is 12.5. The first kappa shape index (κ1) is 17.0. The van der Waals surface area contributed by atoms with Crippen molar-refractivity contribution in [3.05, 3.63) is 55.7 Å². The second kappa shape index (κ2) is 6.56. The molecule has 8 nitrogen and oxygen atoms in total. The van der Waals surface area contributed by atoms with Crippen LogP contribution in [0.1, 0.15) is 12.5 Å². The molecule has 3 rings (SSSR count). The molecule has 0 saturated heterocycles. The van der Waals surface area contributed by atoms with E-state index in [1.165, 1.54) is 9.13 Å². The van der Waals surface area contributed by atoms with Crippen LogP contribution in [0.15, 0.2) is 39.0 Å². The Kier molecular flexibility index (Phi) is 4.45. The van der Waals surface area contributed by atoms with Gasteiger partial charge < -0.3 is 4.57 Å². The molecule has 0 amide bonds. The fourth-order valence-electron chi connectivity index (χ4n) is 2.56. The first-order valence-corrected chi connectivity index (χ1v) is 8.03. The lowest BCUT2D eigenvalue weighted by Crippen LogP contribution is -2.39. The highest BCUT2D eigenvalue weighted by atomic mass is 35.5. The molecule has 2 heterocycles. The Balaban J connectivity index is 2.04. The zero-order valence-electron chi connectivity index (χ0n) is 14.0. The van der Waals surface area contributed by atoms with Crippen molar-refractivity contribution in [1.82, 2.24) is 18.7 Å². The third-order valence-corrected chi connectivity index (χ3v) is 4.29. The Labute approximate surface area is 148 Å². The van der Waals surface area contributed by atoms with E-state index in [2.05, 4.69) is 15.5 Å². The van der Waals surface area contributed by atoms with Crippen LogP contribution in [0.5, 0.6) is 0 Å². The molecular weight excluding hydrogens is 344 g/mol. The van der Waals surface area contributed by atoms with Crippen molar-refractivity contribution >= 4 is 34.9 Å². The summed E-state index contributed by atoms with van der Waals surface area (Å²) in [5.74, 6) is 0.347. The molecule has 9 heteroatoms. The molecular formula is C16H17ClN6O2. The molecule has 0 aliphatic rings. The molecule has 0 unspecified atom stereocenters. The van der Waals surface area contributed by atoms with E-state index in [1.54, 1.807) is 37.9 Å². The summed E-state index contributed by atoms with van der Waals surface area (Å²) in [4.78, 5) is 29.0.